The minimum Gasteiger partial charge on any atom is -0.412 e. The van der Waals surface area contributed by atoms with Crippen LogP contribution < -0.4 is 46.1 Å². The number of H-pyrrole nitrogens is 1. The molecular formula is C21H34HgN5NaO7+. The number of hydrogen-bond acceptors (Lipinski definition) is 6. The minimum atomic E-state index is -0.837. The average molecular weight is 692 g/mol. The molecule has 0 spiro atoms. The van der Waals surface area contributed by atoms with Crippen LogP contribution in [0.25, 0.3) is 11.2 Å². The van der Waals surface area contributed by atoms with Crippen molar-refractivity contribution < 1.29 is 80.6 Å². The van der Waals surface area contributed by atoms with E-state index in [1.54, 1.807) is 21.1 Å². The summed E-state index contributed by atoms with van der Waals surface area (Å²) in [5.41, 5.74) is -1.37. The van der Waals surface area contributed by atoms with Crippen LogP contribution in [-0.2, 0) is 54.5 Å². The second-order valence-corrected chi connectivity index (χ2v) is 11.4. The van der Waals surface area contributed by atoms with Gasteiger partial charge in [0.25, 0.3) is 5.56 Å². The summed E-state index contributed by atoms with van der Waals surface area (Å²) in [6.45, 7) is 6.05. The van der Waals surface area contributed by atoms with Gasteiger partial charge in [-0.1, -0.05) is 0 Å². The number of nitrogens with zero attached hydrogens (tertiary/aromatic N) is 3. The molecule has 0 radical (unpaired) electrons. The third-order valence-electron chi connectivity index (χ3n) is 7.20. The van der Waals surface area contributed by atoms with Crippen LogP contribution in [0.5, 0.6) is 0 Å². The number of aromatic nitrogens is 4. The Hall–Kier alpha value is -1.05. The number of carboxylic acid groups (broad SMARTS) is 1. The number of aliphatic carboxylic acids is 1. The van der Waals surface area contributed by atoms with Gasteiger partial charge in [-0.05, 0) is 0 Å². The summed E-state index contributed by atoms with van der Waals surface area (Å²) in [5.74, 6) is -1.10. The van der Waals surface area contributed by atoms with Crippen LogP contribution in [0, 0.1) is 16.7 Å². The quantitative estimate of drug-likeness (QED) is 0.266. The van der Waals surface area contributed by atoms with Crippen molar-refractivity contribution in [1.29, 1.82) is 0 Å². The third-order valence-corrected chi connectivity index (χ3v) is 9.71. The van der Waals surface area contributed by atoms with Crippen molar-refractivity contribution in [1.82, 2.24) is 24.4 Å². The fourth-order valence-electron chi connectivity index (χ4n) is 4.25. The van der Waals surface area contributed by atoms with Gasteiger partial charge in [0.1, 0.15) is 5.52 Å². The molecule has 1 fully saturated rings. The predicted molar refractivity (Wildman–Crippen MR) is 121 cm³/mol. The van der Waals surface area contributed by atoms with Gasteiger partial charge in [-0.25, -0.2) is 9.78 Å². The molecule has 2 aromatic heterocycles. The zero-order valence-corrected chi connectivity index (χ0v) is 29.1. The van der Waals surface area contributed by atoms with Gasteiger partial charge in [0.2, 0.25) is 0 Å². The number of methoxy groups -OCH3 is 1. The molecular weight excluding hydrogens is 658 g/mol. The average Bonchev–Trinajstić information content (AvgIpc) is 3.35. The summed E-state index contributed by atoms with van der Waals surface area (Å²) in [6, 6.07) is 0. The van der Waals surface area contributed by atoms with Crippen molar-refractivity contribution in [2.75, 3.05) is 13.7 Å². The van der Waals surface area contributed by atoms with Gasteiger partial charge in [-0.2, -0.15) is 0 Å². The number of imidazole rings is 1. The SMILES string of the molecule is COC([CH2][Hg])CNC(=O)C1CCC(C)(C(=O)O)C1(C)C.Cn1c(=O)c2[nH]cnc2n(C)c1=O.O.[Na+]. The van der Waals surface area contributed by atoms with Crippen molar-refractivity contribution >= 4 is 23.0 Å². The zero-order valence-electron chi connectivity index (χ0n) is 21.6. The zero-order chi connectivity index (χ0) is 25.1. The maximum absolute atomic E-state index is 12.4. The van der Waals surface area contributed by atoms with E-state index < -0.39 is 16.8 Å². The molecule has 35 heavy (non-hydrogen) atoms. The van der Waals surface area contributed by atoms with E-state index in [1.807, 2.05) is 13.8 Å². The molecule has 12 nitrogen and oxygen atoms in total. The monoisotopic (exact) mass is 693 g/mol. The molecule has 1 saturated carbocycles. The molecule has 3 rings (SSSR count). The predicted octanol–water partition coefficient (Wildman–Crippen LogP) is -3.25. The normalized spacial score (nSPS) is 21.2. The number of hydrogen-bond donors (Lipinski definition) is 3. The number of carbonyl (C=O) groups excluding carboxylic acids is 1. The van der Waals surface area contributed by atoms with E-state index in [-0.39, 0.29) is 64.2 Å². The Morgan fingerprint density at radius 3 is 2.40 bits per heavy atom. The molecule has 1 aliphatic carbocycles. The Bertz CT molecular complexity index is 1140. The summed E-state index contributed by atoms with van der Waals surface area (Å²) < 4.78 is 8.68. The van der Waals surface area contributed by atoms with Crippen LogP contribution in [0.15, 0.2) is 15.9 Å². The Kier molecular flexibility index (Phi) is 13.1. The molecule has 1 amide bonds. The number of carbonyl (C=O) groups is 2. The van der Waals surface area contributed by atoms with E-state index in [0.717, 1.165) is 8.50 Å². The molecule has 3 atom stereocenters. The summed E-state index contributed by atoms with van der Waals surface area (Å²) >= 11 is 0.639. The summed E-state index contributed by atoms with van der Waals surface area (Å²) in [7, 11) is 4.67. The van der Waals surface area contributed by atoms with E-state index in [4.69, 9.17) is 4.74 Å². The first kappa shape index (κ1) is 33.9. The molecule has 5 N–H and O–H groups in total. The molecule has 0 bridgehead atoms. The van der Waals surface area contributed by atoms with E-state index in [0.29, 0.717) is 56.7 Å². The Balaban J connectivity index is 0.000000670. The first-order valence-electron chi connectivity index (χ1n) is 10.8. The van der Waals surface area contributed by atoms with Crippen LogP contribution in [-0.4, -0.2) is 61.3 Å². The number of fused-ring (bicyclic) bond motifs is 1. The second-order valence-electron chi connectivity index (χ2n) is 9.15. The van der Waals surface area contributed by atoms with E-state index >= 15 is 0 Å². The van der Waals surface area contributed by atoms with Crippen LogP contribution in [0.1, 0.15) is 33.6 Å². The van der Waals surface area contributed by atoms with Gasteiger partial charge >= 0.3 is 172 Å². The minimum absolute atomic E-state index is 0. The Morgan fingerprint density at radius 2 is 1.91 bits per heavy atom. The third kappa shape index (κ3) is 6.64. The molecule has 0 saturated heterocycles. The molecule has 0 aromatic carbocycles. The molecule has 14 heteroatoms. The van der Waals surface area contributed by atoms with Gasteiger partial charge in [0.05, 0.1) is 6.33 Å². The number of amides is 1. The Morgan fingerprint density at radius 1 is 1.31 bits per heavy atom. The molecule has 2 heterocycles. The van der Waals surface area contributed by atoms with E-state index in [1.165, 1.54) is 17.9 Å². The van der Waals surface area contributed by atoms with Crippen molar-refractivity contribution in [2.24, 2.45) is 30.8 Å². The number of carboxylic acids is 1. The fourth-order valence-corrected chi connectivity index (χ4v) is 5.96. The van der Waals surface area contributed by atoms with Crippen LogP contribution >= 0.6 is 0 Å². The summed E-state index contributed by atoms with van der Waals surface area (Å²) in [4.78, 5) is 53.3. The molecule has 3 unspecified atom stereocenters. The molecule has 2 aromatic rings. The van der Waals surface area contributed by atoms with Crippen LogP contribution in [0.3, 0.4) is 0 Å². The summed E-state index contributed by atoms with van der Waals surface area (Å²) in [6.07, 6.45) is 2.66. The van der Waals surface area contributed by atoms with Gasteiger partial charge < -0.3 is 10.5 Å². The van der Waals surface area contributed by atoms with Gasteiger partial charge in [-0.15, -0.1) is 0 Å². The Labute approximate surface area is 241 Å². The first-order chi connectivity index (χ1) is 15.3. The van der Waals surface area contributed by atoms with Gasteiger partial charge in [-0.3, -0.25) is 13.9 Å². The van der Waals surface area contributed by atoms with Crippen molar-refractivity contribution in [2.45, 2.75) is 43.6 Å². The van der Waals surface area contributed by atoms with E-state index in [9.17, 15) is 24.3 Å². The number of rotatable bonds is 6. The van der Waals surface area contributed by atoms with Crippen molar-refractivity contribution in [3.05, 3.63) is 27.2 Å². The van der Waals surface area contributed by atoms with Gasteiger partial charge in [0.15, 0.2) is 5.65 Å². The maximum Gasteiger partial charge on any atom is 1.00 e. The maximum atomic E-state index is 12.4. The van der Waals surface area contributed by atoms with Crippen LogP contribution in [0.4, 0.5) is 0 Å². The topological polar surface area (TPSA) is 180 Å². The molecule has 1 aliphatic rings. The number of ether oxygens (including phenoxy) is 1. The van der Waals surface area contributed by atoms with E-state index in [2.05, 4.69) is 15.3 Å². The van der Waals surface area contributed by atoms with Crippen LogP contribution in [0.2, 0.25) is 3.93 Å². The van der Waals surface area contributed by atoms with Gasteiger partial charge in [0, 0.05) is 14.1 Å². The summed E-state index contributed by atoms with van der Waals surface area (Å²) in [5, 5.41) is 12.4. The number of aromatic amines is 1. The number of aryl methyl sites for hydroxylation is 1. The largest absolute Gasteiger partial charge is 1.00 e. The fraction of sp³-hybridized carbons (Fsp3) is 0.667. The van der Waals surface area contributed by atoms with Crippen molar-refractivity contribution in [3.63, 3.8) is 0 Å². The molecule has 0 aliphatic heterocycles. The molecule has 187 valence electrons. The van der Waals surface area contributed by atoms with Crippen molar-refractivity contribution in [3.8, 4) is 0 Å². The smallest absolute Gasteiger partial charge is 0.412 e. The standard InChI is InChI=1S/C14H24NO4.C7H8N4O2.Hg.Na.H2O/c1-9(19-5)8-15-11(16)10-6-7-14(4,12(17)18)13(10,2)3;1-10-5-4(8-3-9-5)6(12)11(2)7(10)13;;;/h9-10H,1,6-8H2,2-5H3,(H,15,16)(H,17,18);3H,1-2H3,(H,8,9);;;1H2/q;;;+1;. The first-order valence-corrected chi connectivity index (χ1v) is 14.6. The second kappa shape index (κ2) is 13.5. The number of nitrogens with one attached hydrogen (secondary N) is 2.